The molecule has 0 aliphatic carbocycles. The zero-order valence-electron chi connectivity index (χ0n) is 11.3. The molecule has 0 atom stereocenters. The third kappa shape index (κ3) is 3.56. The summed E-state index contributed by atoms with van der Waals surface area (Å²) in [7, 11) is 0. The molecule has 0 aromatic heterocycles. The van der Waals surface area contributed by atoms with Gasteiger partial charge < -0.3 is 4.74 Å². The fourth-order valence-electron chi connectivity index (χ4n) is 1.81. The molecule has 0 spiro atoms. The molecule has 0 N–H and O–H groups in total. The van der Waals surface area contributed by atoms with E-state index in [1.165, 1.54) is 0 Å². The van der Waals surface area contributed by atoms with Gasteiger partial charge in [0.2, 0.25) is 0 Å². The van der Waals surface area contributed by atoms with Gasteiger partial charge in [0, 0.05) is 5.56 Å². The van der Waals surface area contributed by atoms with Crippen molar-refractivity contribution in [1.82, 2.24) is 0 Å². The van der Waals surface area contributed by atoms with E-state index in [4.69, 9.17) is 0 Å². The summed E-state index contributed by atoms with van der Waals surface area (Å²) < 4.78 is 130. The van der Waals surface area contributed by atoms with E-state index in [-0.39, 0.29) is 12.4 Å². The zero-order valence-corrected chi connectivity index (χ0v) is 11.3. The number of ether oxygens (including phenoxy) is 1. The van der Waals surface area contributed by atoms with Gasteiger partial charge >= 0.3 is 24.4 Å². The molecule has 1 aromatic carbocycles. The number of rotatable bonds is 3. The predicted octanol–water partition coefficient (Wildman–Crippen LogP) is 5.00. The fourth-order valence-corrected chi connectivity index (χ4v) is 1.81. The van der Waals surface area contributed by atoms with Crippen molar-refractivity contribution < 1.29 is 53.4 Å². The van der Waals surface area contributed by atoms with Crippen molar-refractivity contribution in [3.8, 4) is 5.75 Å². The quantitative estimate of drug-likeness (QED) is 0.552. The third-order valence-corrected chi connectivity index (χ3v) is 2.87. The van der Waals surface area contributed by atoms with Gasteiger partial charge in [0.25, 0.3) is 0 Å². The minimum atomic E-state index is -6.52. The molecular formula is C12H6F10O2. The third-order valence-electron chi connectivity index (χ3n) is 2.87. The van der Waals surface area contributed by atoms with E-state index in [9.17, 15) is 48.7 Å². The number of hydrogen-bond acceptors (Lipinski definition) is 2. The molecule has 12 heteroatoms. The number of hydrogen-bond donors (Lipinski definition) is 0. The lowest BCUT2D eigenvalue weighted by Gasteiger charge is -2.31. The molecule has 1 rings (SSSR count). The molecule has 0 bridgehead atoms. The number of carbonyl (C=O) groups is 1. The summed E-state index contributed by atoms with van der Waals surface area (Å²) in [5.41, 5.74) is -9.87. The van der Waals surface area contributed by atoms with Crippen molar-refractivity contribution in [1.29, 1.82) is 0 Å². The Bertz CT molecular complexity index is 612. The lowest BCUT2D eigenvalue weighted by molar-refractivity contribution is -0.348. The smallest absolute Gasteiger partial charge is 0.405 e. The van der Waals surface area contributed by atoms with Crippen molar-refractivity contribution in [2.24, 2.45) is 0 Å². The van der Waals surface area contributed by atoms with Gasteiger partial charge in [-0.15, -0.1) is 13.2 Å². The second-order valence-electron chi connectivity index (χ2n) is 4.52. The van der Waals surface area contributed by atoms with Crippen LogP contribution in [0.4, 0.5) is 43.9 Å². The van der Waals surface area contributed by atoms with Crippen LogP contribution in [0.5, 0.6) is 5.75 Å². The van der Waals surface area contributed by atoms with Crippen LogP contribution >= 0.6 is 0 Å². The summed E-state index contributed by atoms with van der Waals surface area (Å²) in [6.45, 7) is 0.726. The number of benzene rings is 1. The van der Waals surface area contributed by atoms with E-state index < -0.39 is 52.9 Å². The van der Waals surface area contributed by atoms with E-state index in [1.54, 1.807) is 0 Å². The van der Waals surface area contributed by atoms with Crippen LogP contribution in [-0.2, 0) is 5.67 Å². The summed E-state index contributed by atoms with van der Waals surface area (Å²) in [6, 6.07) is -0.473. The molecular weight excluding hydrogens is 366 g/mol. The van der Waals surface area contributed by atoms with Crippen LogP contribution in [-0.4, -0.2) is 25.0 Å². The maximum absolute atomic E-state index is 13.9. The monoisotopic (exact) mass is 372 g/mol. The highest BCUT2D eigenvalue weighted by Gasteiger charge is 2.73. The largest absolute Gasteiger partial charge is 0.573 e. The average Bonchev–Trinajstić information content (AvgIpc) is 2.32. The van der Waals surface area contributed by atoms with E-state index in [2.05, 4.69) is 4.74 Å². The van der Waals surface area contributed by atoms with Crippen molar-refractivity contribution in [2.75, 3.05) is 0 Å². The van der Waals surface area contributed by atoms with Gasteiger partial charge in [-0.3, -0.25) is 4.79 Å². The first-order chi connectivity index (χ1) is 10.5. The van der Waals surface area contributed by atoms with Gasteiger partial charge in [0.15, 0.2) is 6.29 Å². The number of aldehydes is 1. The Morgan fingerprint density at radius 3 is 1.67 bits per heavy atom. The van der Waals surface area contributed by atoms with Crippen LogP contribution < -0.4 is 4.74 Å². The van der Waals surface area contributed by atoms with E-state index in [0.29, 0.717) is 0 Å². The molecule has 0 amide bonds. The Balaban J connectivity index is 3.73. The minimum absolute atomic E-state index is 0.0199. The summed E-state index contributed by atoms with van der Waals surface area (Å²) in [5.74, 6) is -1.68. The molecule has 0 saturated carbocycles. The molecule has 0 radical (unpaired) electrons. The Morgan fingerprint density at radius 2 is 1.33 bits per heavy atom. The second kappa shape index (κ2) is 5.81. The number of carbonyl (C=O) groups excluding carboxylic acids is 1. The molecule has 2 nitrogen and oxygen atoms in total. The Hall–Kier alpha value is -2.01. The van der Waals surface area contributed by atoms with Crippen LogP contribution in [0, 0.1) is 6.92 Å². The van der Waals surface area contributed by atoms with E-state index in [0.717, 1.165) is 6.92 Å². The summed E-state index contributed by atoms with van der Waals surface area (Å²) >= 11 is 0. The van der Waals surface area contributed by atoms with Crippen LogP contribution in [0.25, 0.3) is 0 Å². The molecule has 0 unspecified atom stereocenters. The first-order valence-electron chi connectivity index (χ1n) is 5.73. The lowest BCUT2D eigenvalue weighted by Crippen LogP contribution is -2.50. The van der Waals surface area contributed by atoms with Gasteiger partial charge in [0.05, 0.1) is 5.56 Å². The topological polar surface area (TPSA) is 26.3 Å². The maximum atomic E-state index is 13.9. The number of aryl methyl sites for hydroxylation is 1. The molecule has 0 saturated heterocycles. The number of halogens is 10. The summed E-state index contributed by atoms with van der Waals surface area (Å²) in [4.78, 5) is 10.7. The fraction of sp³-hybridized carbons (Fsp3) is 0.417. The van der Waals surface area contributed by atoms with Crippen molar-refractivity contribution in [3.05, 3.63) is 28.8 Å². The molecule has 0 fully saturated rings. The molecule has 1 aromatic rings. The van der Waals surface area contributed by atoms with Crippen LogP contribution in [0.15, 0.2) is 12.1 Å². The predicted molar refractivity (Wildman–Crippen MR) is 58.1 cm³/mol. The Kier molecular flexibility index (Phi) is 4.85. The van der Waals surface area contributed by atoms with Gasteiger partial charge in [-0.1, -0.05) is 6.07 Å². The first kappa shape index (κ1) is 20.0. The van der Waals surface area contributed by atoms with Crippen LogP contribution in [0.3, 0.4) is 0 Å². The Morgan fingerprint density at radius 1 is 0.875 bits per heavy atom. The van der Waals surface area contributed by atoms with E-state index >= 15 is 0 Å². The lowest BCUT2D eigenvalue weighted by atomic mass is 9.91. The minimum Gasteiger partial charge on any atom is -0.405 e. The summed E-state index contributed by atoms with van der Waals surface area (Å²) in [5, 5.41) is 0. The molecule has 24 heavy (non-hydrogen) atoms. The van der Waals surface area contributed by atoms with Gasteiger partial charge in [0.1, 0.15) is 5.75 Å². The van der Waals surface area contributed by atoms with Crippen LogP contribution in [0.1, 0.15) is 21.5 Å². The highest BCUT2D eigenvalue weighted by molar-refractivity contribution is 5.82. The van der Waals surface area contributed by atoms with Gasteiger partial charge in [-0.2, -0.15) is 26.3 Å². The first-order valence-corrected chi connectivity index (χ1v) is 5.73. The highest BCUT2D eigenvalue weighted by Crippen LogP contribution is 2.54. The SMILES string of the molecule is Cc1cc(C(F)(C(F)(F)F)C(F)(F)F)cc(OC(F)(F)F)c1C=O. The van der Waals surface area contributed by atoms with Crippen molar-refractivity contribution in [3.63, 3.8) is 0 Å². The molecule has 0 aliphatic rings. The van der Waals surface area contributed by atoms with Crippen LogP contribution in [0.2, 0.25) is 0 Å². The van der Waals surface area contributed by atoms with Crippen molar-refractivity contribution >= 4 is 6.29 Å². The second-order valence-corrected chi connectivity index (χ2v) is 4.52. The normalized spacial score (nSPS) is 13.8. The maximum Gasteiger partial charge on any atom is 0.573 e. The molecule has 0 aliphatic heterocycles. The number of alkyl halides is 10. The van der Waals surface area contributed by atoms with Crippen molar-refractivity contribution in [2.45, 2.75) is 31.3 Å². The summed E-state index contributed by atoms with van der Waals surface area (Å²) in [6.07, 6.45) is -18.8. The standard InChI is InChI=1S/C12H6F10O2/c1-5-2-6(9(13,10(14,15)16)11(17,18)19)3-8(7(5)4-23)24-12(20,21)22/h2-4H,1H3. The average molecular weight is 372 g/mol. The molecule has 136 valence electrons. The van der Waals surface area contributed by atoms with Gasteiger partial charge in [-0.05, 0) is 18.6 Å². The Labute approximate surface area is 127 Å². The zero-order chi connectivity index (χ0) is 19.1. The highest BCUT2D eigenvalue weighted by atomic mass is 19.4. The molecule has 0 heterocycles. The van der Waals surface area contributed by atoms with Gasteiger partial charge in [-0.25, -0.2) is 4.39 Å². The van der Waals surface area contributed by atoms with E-state index in [1.807, 2.05) is 0 Å².